The molecule has 0 saturated carbocycles. The second-order valence-corrected chi connectivity index (χ2v) is 2.87. The maximum absolute atomic E-state index is 8.66. The Kier molecular flexibility index (Phi) is 5.62. The molecule has 0 fully saturated rings. The molecule has 74 valence electrons. The molecule has 0 unspecified atom stereocenters. The normalized spacial score (nSPS) is 10.9. The summed E-state index contributed by atoms with van der Waals surface area (Å²) in [4.78, 5) is 0. The highest BCUT2D eigenvalue weighted by molar-refractivity contribution is 5.85. The van der Waals surface area contributed by atoms with Gasteiger partial charge in [0, 0.05) is 6.04 Å². The molecule has 0 aliphatic carbocycles. The first-order valence-corrected chi connectivity index (χ1v) is 4.14. The summed E-state index contributed by atoms with van der Waals surface area (Å²) in [7, 11) is 0. The largest absolute Gasteiger partial charge is 0.324 e. The Hall–Kier alpha value is -1.30. The third-order valence-corrected chi connectivity index (χ3v) is 1.86. The summed E-state index contributed by atoms with van der Waals surface area (Å²) < 4.78 is 0. The lowest BCUT2D eigenvalue weighted by atomic mass is 10.0. The van der Waals surface area contributed by atoms with E-state index >= 15 is 0 Å². The van der Waals surface area contributed by atoms with Crippen molar-refractivity contribution >= 4 is 12.4 Å². The predicted octanol–water partition coefficient (Wildman–Crippen LogP) is 2.56. The number of hydrogen-bond acceptors (Lipinski definition) is 2. The molecule has 14 heavy (non-hydrogen) atoms. The summed E-state index contributed by atoms with van der Waals surface area (Å²) in [5.74, 6) is 0. The summed E-state index contributed by atoms with van der Waals surface area (Å²) in [5.41, 5.74) is 7.48. The second-order valence-electron chi connectivity index (χ2n) is 2.87. The molecule has 1 atom stereocenters. The Bertz CT molecular complexity index is 341. The summed E-state index contributed by atoms with van der Waals surface area (Å²) in [6, 6.07) is 9.38. The number of halogens is 1. The van der Waals surface area contributed by atoms with E-state index < -0.39 is 0 Å². The van der Waals surface area contributed by atoms with Crippen LogP contribution in [-0.2, 0) is 0 Å². The molecule has 0 radical (unpaired) electrons. The van der Waals surface area contributed by atoms with Gasteiger partial charge in [0.1, 0.15) is 0 Å². The van der Waals surface area contributed by atoms with Gasteiger partial charge in [-0.2, -0.15) is 5.26 Å². The number of hydrogen-bond donors (Lipinski definition) is 1. The fraction of sp³-hybridized carbons (Fsp3) is 0.182. The standard InChI is InChI=1S/C11H12N2.ClH/c1-2-4-11(13)10-6-3-5-9(7-10)8-12;/h2-3,5-7,11H,1,4,13H2;1H/t11-;/m1./s1. The minimum absolute atomic E-state index is 0. The van der Waals surface area contributed by atoms with Gasteiger partial charge in [0.15, 0.2) is 0 Å². The maximum Gasteiger partial charge on any atom is 0.0991 e. The lowest BCUT2D eigenvalue weighted by Crippen LogP contribution is -2.08. The molecule has 2 N–H and O–H groups in total. The van der Waals surface area contributed by atoms with Crippen LogP contribution in [0.25, 0.3) is 0 Å². The van der Waals surface area contributed by atoms with Crippen molar-refractivity contribution in [3.63, 3.8) is 0 Å². The number of nitrogens with zero attached hydrogens (tertiary/aromatic N) is 1. The lowest BCUT2D eigenvalue weighted by Gasteiger charge is -2.08. The SMILES string of the molecule is C=CC[C@@H](N)c1cccc(C#N)c1.Cl. The number of rotatable bonds is 3. The van der Waals surface area contributed by atoms with Gasteiger partial charge in [-0.25, -0.2) is 0 Å². The van der Waals surface area contributed by atoms with Crippen molar-refractivity contribution in [1.29, 1.82) is 5.26 Å². The molecule has 1 aromatic carbocycles. The fourth-order valence-corrected chi connectivity index (χ4v) is 1.15. The molecule has 0 bridgehead atoms. The zero-order chi connectivity index (χ0) is 9.68. The second kappa shape index (κ2) is 6.20. The first-order valence-electron chi connectivity index (χ1n) is 4.14. The van der Waals surface area contributed by atoms with Gasteiger partial charge in [0.05, 0.1) is 11.6 Å². The van der Waals surface area contributed by atoms with Gasteiger partial charge < -0.3 is 5.73 Å². The molecular formula is C11H13ClN2. The van der Waals surface area contributed by atoms with Gasteiger partial charge in [-0.1, -0.05) is 18.2 Å². The third kappa shape index (κ3) is 3.21. The Morgan fingerprint density at radius 2 is 2.29 bits per heavy atom. The van der Waals surface area contributed by atoms with Crippen LogP contribution in [0.3, 0.4) is 0 Å². The van der Waals surface area contributed by atoms with Crippen LogP contribution in [-0.4, -0.2) is 0 Å². The minimum atomic E-state index is -0.0502. The van der Waals surface area contributed by atoms with Gasteiger partial charge in [0.25, 0.3) is 0 Å². The Morgan fingerprint density at radius 3 is 2.86 bits per heavy atom. The molecule has 0 aliphatic rings. The monoisotopic (exact) mass is 208 g/mol. The van der Waals surface area contributed by atoms with Gasteiger partial charge in [0.2, 0.25) is 0 Å². The van der Waals surface area contributed by atoms with Gasteiger partial charge in [-0.05, 0) is 24.1 Å². The van der Waals surface area contributed by atoms with Crippen LogP contribution in [0.1, 0.15) is 23.6 Å². The molecule has 0 saturated heterocycles. The Labute approximate surface area is 90.5 Å². The molecule has 1 rings (SSSR count). The highest BCUT2D eigenvalue weighted by Gasteiger charge is 2.03. The molecule has 0 amide bonds. The molecule has 2 nitrogen and oxygen atoms in total. The van der Waals surface area contributed by atoms with E-state index in [1.807, 2.05) is 18.2 Å². The molecule has 1 aromatic rings. The van der Waals surface area contributed by atoms with Gasteiger partial charge in [-0.3, -0.25) is 0 Å². The van der Waals surface area contributed by atoms with Crippen LogP contribution in [0.4, 0.5) is 0 Å². The van der Waals surface area contributed by atoms with E-state index in [4.69, 9.17) is 11.0 Å². The number of benzene rings is 1. The van der Waals surface area contributed by atoms with Crippen molar-refractivity contribution < 1.29 is 0 Å². The number of nitriles is 1. The quantitative estimate of drug-likeness (QED) is 0.777. The van der Waals surface area contributed by atoms with Crippen LogP contribution in [0, 0.1) is 11.3 Å². The first kappa shape index (κ1) is 12.7. The highest BCUT2D eigenvalue weighted by atomic mass is 35.5. The summed E-state index contributed by atoms with van der Waals surface area (Å²) in [6.45, 7) is 3.62. The van der Waals surface area contributed by atoms with E-state index in [9.17, 15) is 0 Å². The first-order chi connectivity index (χ1) is 6.27. The maximum atomic E-state index is 8.66. The molecule has 0 aliphatic heterocycles. The van der Waals surface area contributed by atoms with E-state index in [0.717, 1.165) is 12.0 Å². The van der Waals surface area contributed by atoms with Crippen molar-refractivity contribution in [2.45, 2.75) is 12.5 Å². The van der Waals surface area contributed by atoms with Crippen molar-refractivity contribution in [2.75, 3.05) is 0 Å². The zero-order valence-corrected chi connectivity index (χ0v) is 8.63. The van der Waals surface area contributed by atoms with E-state index in [2.05, 4.69) is 12.6 Å². The smallest absolute Gasteiger partial charge is 0.0991 e. The van der Waals surface area contributed by atoms with Crippen LogP contribution >= 0.6 is 12.4 Å². The molecule has 0 spiro atoms. The van der Waals surface area contributed by atoms with E-state index in [0.29, 0.717) is 5.56 Å². The lowest BCUT2D eigenvalue weighted by molar-refractivity contribution is 0.741. The highest BCUT2D eigenvalue weighted by Crippen LogP contribution is 2.15. The summed E-state index contributed by atoms with van der Waals surface area (Å²) in [6.07, 6.45) is 2.51. The Balaban J connectivity index is 0.00000169. The van der Waals surface area contributed by atoms with Crippen LogP contribution in [0.2, 0.25) is 0 Å². The fourth-order valence-electron chi connectivity index (χ4n) is 1.15. The number of nitrogens with two attached hydrogens (primary N) is 1. The average Bonchev–Trinajstić information content (AvgIpc) is 2.18. The van der Waals surface area contributed by atoms with Crippen molar-refractivity contribution in [3.05, 3.63) is 48.0 Å². The van der Waals surface area contributed by atoms with Crippen LogP contribution in [0.5, 0.6) is 0 Å². The molecular weight excluding hydrogens is 196 g/mol. The molecule has 0 heterocycles. The summed E-state index contributed by atoms with van der Waals surface area (Å²) in [5, 5.41) is 8.66. The van der Waals surface area contributed by atoms with Crippen LogP contribution in [0.15, 0.2) is 36.9 Å². The third-order valence-electron chi connectivity index (χ3n) is 1.86. The van der Waals surface area contributed by atoms with Gasteiger partial charge >= 0.3 is 0 Å². The molecule has 0 aromatic heterocycles. The van der Waals surface area contributed by atoms with Crippen LogP contribution < -0.4 is 5.73 Å². The van der Waals surface area contributed by atoms with E-state index in [1.165, 1.54) is 0 Å². The Morgan fingerprint density at radius 1 is 1.57 bits per heavy atom. The predicted molar refractivity (Wildman–Crippen MR) is 60.1 cm³/mol. The zero-order valence-electron chi connectivity index (χ0n) is 7.81. The van der Waals surface area contributed by atoms with Crippen molar-refractivity contribution in [2.24, 2.45) is 5.73 Å². The molecule has 3 heteroatoms. The van der Waals surface area contributed by atoms with E-state index in [1.54, 1.807) is 12.1 Å². The van der Waals surface area contributed by atoms with Crippen molar-refractivity contribution in [1.82, 2.24) is 0 Å². The summed E-state index contributed by atoms with van der Waals surface area (Å²) >= 11 is 0. The van der Waals surface area contributed by atoms with E-state index in [-0.39, 0.29) is 18.4 Å². The van der Waals surface area contributed by atoms with Gasteiger partial charge in [-0.15, -0.1) is 19.0 Å². The van der Waals surface area contributed by atoms with Crippen molar-refractivity contribution in [3.8, 4) is 6.07 Å². The average molecular weight is 209 g/mol. The minimum Gasteiger partial charge on any atom is -0.324 e. The topological polar surface area (TPSA) is 49.8 Å².